The fourth-order valence-corrected chi connectivity index (χ4v) is 6.18. The molecule has 1 N–H and O–H groups in total. The van der Waals surface area contributed by atoms with Crippen LogP contribution in [-0.4, -0.2) is 25.0 Å². The number of esters is 1. The maximum atomic E-state index is 14.1. The Bertz CT molecular complexity index is 1280. The highest BCUT2D eigenvalue weighted by molar-refractivity contribution is 9.10. The van der Waals surface area contributed by atoms with Crippen LogP contribution >= 0.6 is 15.9 Å². The number of ether oxygens (including phenoxy) is 2. The van der Waals surface area contributed by atoms with Crippen molar-refractivity contribution >= 4 is 27.7 Å². The van der Waals surface area contributed by atoms with Crippen LogP contribution in [0.25, 0.3) is 0 Å². The Balaban J connectivity index is 1.57. The van der Waals surface area contributed by atoms with Gasteiger partial charge in [-0.25, -0.2) is 9.18 Å². The molecule has 2 aromatic rings. The number of hydrogen-bond donors (Lipinski definition) is 1. The summed E-state index contributed by atoms with van der Waals surface area (Å²) in [7, 11) is 1.63. The smallest absolute Gasteiger partial charge is 0.337 e. The van der Waals surface area contributed by atoms with Crippen molar-refractivity contribution in [2.75, 3.05) is 7.11 Å². The van der Waals surface area contributed by atoms with Crippen LogP contribution in [0.4, 0.5) is 4.39 Å². The monoisotopic (exact) mass is 553 g/mol. The number of nitrogens with one attached hydrogen (secondary N) is 1. The standard InChI is InChI=1S/C29H29BrFNO4/c1-16-26(29(34)36-19-7-3-4-8-19)27(17-11-12-22(31)21(30)13-17)28-23(32-16)14-18(15-24(28)33)20-9-5-6-10-25(20)35-2/h5-6,9-13,18-19,27,32H,3-4,7-8,14-15H2,1-2H3/t18-,27-/m1/s1. The van der Waals surface area contributed by atoms with E-state index in [2.05, 4.69) is 21.2 Å². The molecular weight excluding hydrogens is 525 g/mol. The first kappa shape index (κ1) is 24.8. The van der Waals surface area contributed by atoms with E-state index in [1.807, 2.05) is 31.2 Å². The van der Waals surface area contributed by atoms with Gasteiger partial charge >= 0.3 is 5.97 Å². The Morgan fingerprint density at radius 2 is 1.86 bits per heavy atom. The van der Waals surface area contributed by atoms with Crippen molar-refractivity contribution in [3.8, 4) is 5.75 Å². The Labute approximate surface area is 218 Å². The summed E-state index contributed by atoms with van der Waals surface area (Å²) < 4.78 is 25.9. The van der Waals surface area contributed by atoms with E-state index >= 15 is 0 Å². The lowest BCUT2D eigenvalue weighted by Gasteiger charge is -2.37. The third kappa shape index (κ3) is 4.61. The zero-order chi connectivity index (χ0) is 25.4. The molecule has 0 unspecified atom stereocenters. The van der Waals surface area contributed by atoms with Crippen LogP contribution in [0.1, 0.15) is 68.4 Å². The number of halogens is 2. The van der Waals surface area contributed by atoms with Gasteiger partial charge in [0, 0.05) is 35.2 Å². The lowest BCUT2D eigenvalue weighted by molar-refractivity contribution is -0.144. The van der Waals surface area contributed by atoms with E-state index in [0.717, 1.165) is 42.7 Å². The molecule has 5 nitrogen and oxygen atoms in total. The molecule has 1 heterocycles. The summed E-state index contributed by atoms with van der Waals surface area (Å²) in [6, 6.07) is 12.4. The van der Waals surface area contributed by atoms with E-state index in [9.17, 15) is 14.0 Å². The highest BCUT2D eigenvalue weighted by Crippen LogP contribution is 2.47. The van der Waals surface area contributed by atoms with Gasteiger partial charge in [0.25, 0.3) is 0 Å². The van der Waals surface area contributed by atoms with Crippen LogP contribution in [0.3, 0.4) is 0 Å². The van der Waals surface area contributed by atoms with Crippen LogP contribution in [0.2, 0.25) is 0 Å². The summed E-state index contributed by atoms with van der Waals surface area (Å²) in [5.74, 6) is -0.781. The van der Waals surface area contributed by atoms with Gasteiger partial charge in [-0.1, -0.05) is 24.3 Å². The number of dihydropyridines is 1. The quantitative estimate of drug-likeness (QED) is 0.431. The zero-order valence-corrected chi connectivity index (χ0v) is 22.0. The number of methoxy groups -OCH3 is 1. The number of ketones is 1. The van der Waals surface area contributed by atoms with E-state index in [1.165, 1.54) is 6.07 Å². The van der Waals surface area contributed by atoms with E-state index in [-0.39, 0.29) is 22.3 Å². The van der Waals surface area contributed by atoms with Gasteiger partial charge in [0.1, 0.15) is 17.7 Å². The van der Waals surface area contributed by atoms with Crippen molar-refractivity contribution in [1.29, 1.82) is 0 Å². The fourth-order valence-electron chi connectivity index (χ4n) is 5.78. The van der Waals surface area contributed by atoms with Gasteiger partial charge in [0.2, 0.25) is 0 Å². The second-order valence-corrected chi connectivity index (χ2v) is 10.6. The topological polar surface area (TPSA) is 64.6 Å². The van der Waals surface area contributed by atoms with Crippen molar-refractivity contribution < 1.29 is 23.5 Å². The molecule has 2 aliphatic carbocycles. The lowest BCUT2D eigenvalue weighted by Crippen LogP contribution is -2.36. The maximum absolute atomic E-state index is 14.1. The average Bonchev–Trinajstić information content (AvgIpc) is 3.37. The third-order valence-corrected chi connectivity index (χ3v) is 8.09. The molecule has 36 heavy (non-hydrogen) atoms. The van der Waals surface area contributed by atoms with Crippen molar-refractivity contribution in [1.82, 2.24) is 5.32 Å². The van der Waals surface area contributed by atoms with Crippen LogP contribution in [0.15, 0.2) is 69.5 Å². The van der Waals surface area contributed by atoms with Crippen LogP contribution in [0.5, 0.6) is 5.75 Å². The van der Waals surface area contributed by atoms with E-state index < -0.39 is 17.7 Å². The van der Waals surface area contributed by atoms with Gasteiger partial charge in [-0.05, 0) is 84.3 Å². The summed E-state index contributed by atoms with van der Waals surface area (Å²) in [6.07, 6.45) is 4.58. The number of hydrogen-bond acceptors (Lipinski definition) is 5. The number of Topliss-reactive ketones (excluding diaryl/α,β-unsaturated/α-hetero) is 1. The molecule has 2 aromatic carbocycles. The average molecular weight is 554 g/mol. The lowest BCUT2D eigenvalue weighted by atomic mass is 9.71. The normalized spacial score (nSPS) is 22.4. The van der Waals surface area contributed by atoms with Gasteiger partial charge in [0.05, 0.1) is 17.2 Å². The van der Waals surface area contributed by atoms with Crippen molar-refractivity contribution in [2.45, 2.75) is 63.4 Å². The molecule has 0 spiro atoms. The van der Waals surface area contributed by atoms with Crippen LogP contribution in [-0.2, 0) is 14.3 Å². The molecule has 0 bridgehead atoms. The summed E-state index contributed by atoms with van der Waals surface area (Å²) >= 11 is 3.28. The first-order chi connectivity index (χ1) is 17.4. The number of carbonyl (C=O) groups excluding carboxylic acids is 2. The van der Waals surface area contributed by atoms with Gasteiger partial charge in [-0.15, -0.1) is 0 Å². The van der Waals surface area contributed by atoms with E-state index in [1.54, 1.807) is 19.2 Å². The van der Waals surface area contributed by atoms with E-state index in [0.29, 0.717) is 35.2 Å². The molecule has 188 valence electrons. The zero-order valence-electron chi connectivity index (χ0n) is 20.4. The van der Waals surface area contributed by atoms with Gasteiger partial charge in [-0.2, -0.15) is 0 Å². The van der Waals surface area contributed by atoms with Gasteiger partial charge < -0.3 is 14.8 Å². The van der Waals surface area contributed by atoms with Crippen LogP contribution in [0, 0.1) is 5.82 Å². The third-order valence-electron chi connectivity index (χ3n) is 7.48. The summed E-state index contributed by atoms with van der Waals surface area (Å²) in [6.45, 7) is 1.85. The first-order valence-electron chi connectivity index (χ1n) is 12.4. The fraction of sp³-hybridized carbons (Fsp3) is 0.379. The summed E-state index contributed by atoms with van der Waals surface area (Å²) in [5, 5.41) is 3.38. The molecule has 1 saturated carbocycles. The molecule has 5 rings (SSSR count). The number of rotatable bonds is 5. The minimum atomic E-state index is -0.627. The van der Waals surface area contributed by atoms with Crippen molar-refractivity contribution in [3.63, 3.8) is 0 Å². The predicted octanol–water partition coefficient (Wildman–Crippen LogP) is 6.44. The van der Waals surface area contributed by atoms with Crippen LogP contribution < -0.4 is 10.1 Å². The Morgan fingerprint density at radius 1 is 1.11 bits per heavy atom. The van der Waals surface area contributed by atoms with Gasteiger partial charge in [0.15, 0.2) is 5.78 Å². The second-order valence-electron chi connectivity index (χ2n) is 9.74. The number of carbonyl (C=O) groups is 2. The molecule has 0 aromatic heterocycles. The summed E-state index contributed by atoms with van der Waals surface area (Å²) in [4.78, 5) is 27.3. The largest absolute Gasteiger partial charge is 0.496 e. The molecule has 0 radical (unpaired) electrons. The van der Waals surface area contributed by atoms with Gasteiger partial charge in [-0.3, -0.25) is 4.79 Å². The summed E-state index contributed by atoms with van der Waals surface area (Å²) in [5.41, 5.74) is 4.10. The maximum Gasteiger partial charge on any atom is 0.337 e. The number of benzene rings is 2. The second kappa shape index (κ2) is 10.2. The Kier molecular flexibility index (Phi) is 7.02. The SMILES string of the molecule is COc1ccccc1[C@H]1CC(=O)C2=C(C1)NC(C)=C(C(=O)OC1CCCC1)[C@H]2c1ccc(F)c(Br)c1. The molecule has 1 aliphatic heterocycles. The Hall–Kier alpha value is -2.93. The Morgan fingerprint density at radius 3 is 2.58 bits per heavy atom. The molecule has 0 saturated heterocycles. The first-order valence-corrected chi connectivity index (χ1v) is 13.2. The molecule has 2 atom stereocenters. The highest BCUT2D eigenvalue weighted by Gasteiger charge is 2.42. The molecule has 3 aliphatic rings. The molecule has 1 fully saturated rings. The minimum absolute atomic E-state index is 0.0382. The minimum Gasteiger partial charge on any atom is -0.496 e. The van der Waals surface area contributed by atoms with Crippen molar-refractivity contribution in [2.24, 2.45) is 0 Å². The molecule has 0 amide bonds. The predicted molar refractivity (Wildman–Crippen MR) is 138 cm³/mol. The molecular formula is C29H29BrFNO4. The van der Waals surface area contributed by atoms with E-state index in [4.69, 9.17) is 9.47 Å². The highest BCUT2D eigenvalue weighted by atomic mass is 79.9. The number of para-hydroxylation sites is 1. The van der Waals surface area contributed by atoms with Crippen molar-refractivity contribution in [3.05, 3.63) is 86.4 Å². The molecule has 7 heteroatoms. The number of allylic oxidation sites excluding steroid dienone is 3.